The second-order valence-corrected chi connectivity index (χ2v) is 9.88. The molecule has 0 bridgehead atoms. The molecule has 0 aliphatic carbocycles. The molecule has 0 amide bonds. The number of halogens is 1. The zero-order valence-corrected chi connectivity index (χ0v) is 15.5. The first-order chi connectivity index (χ1) is 10.5. The molecule has 23 heavy (non-hydrogen) atoms. The average molecular weight is 383 g/mol. The molecule has 2 heterocycles. The van der Waals surface area contributed by atoms with Gasteiger partial charge in [-0.15, -0.1) is 0 Å². The van der Waals surface area contributed by atoms with Gasteiger partial charge in [0.25, 0.3) is 0 Å². The largest absolute Gasteiger partial charge is 0.353 e. The maximum absolute atomic E-state index is 12.4. The lowest BCUT2D eigenvalue weighted by atomic mass is 10.3. The smallest absolute Gasteiger partial charge is 0.246 e. The Morgan fingerprint density at radius 1 is 1.09 bits per heavy atom. The molecule has 0 N–H and O–H groups in total. The maximum Gasteiger partial charge on any atom is 0.246 e. The van der Waals surface area contributed by atoms with Crippen LogP contribution in [0.1, 0.15) is 0 Å². The van der Waals surface area contributed by atoms with Crippen LogP contribution in [0.15, 0.2) is 17.0 Å². The van der Waals surface area contributed by atoms with Crippen LogP contribution < -0.4 is 4.90 Å². The summed E-state index contributed by atoms with van der Waals surface area (Å²) in [4.78, 5) is 5.95. The topological polar surface area (TPSA) is 90.9 Å². The Morgan fingerprint density at radius 3 is 2.13 bits per heavy atom. The van der Waals surface area contributed by atoms with Gasteiger partial charge in [0.15, 0.2) is 5.82 Å². The van der Waals surface area contributed by atoms with Crippen molar-refractivity contribution in [2.24, 2.45) is 0 Å². The molecule has 1 aliphatic rings. The zero-order chi connectivity index (χ0) is 17.4. The van der Waals surface area contributed by atoms with Gasteiger partial charge in [-0.2, -0.15) is 4.31 Å². The minimum atomic E-state index is -3.68. The quantitative estimate of drug-likeness (QED) is 0.684. The molecule has 0 atom stereocenters. The first-order valence-corrected chi connectivity index (χ1v) is 10.5. The molecule has 1 aromatic rings. The van der Waals surface area contributed by atoms with E-state index in [0.717, 1.165) is 10.6 Å². The van der Waals surface area contributed by atoms with Gasteiger partial charge < -0.3 is 4.90 Å². The van der Waals surface area contributed by atoms with Crippen LogP contribution >= 0.6 is 11.6 Å². The number of sulfonamides is 2. The van der Waals surface area contributed by atoms with E-state index in [1.807, 2.05) is 0 Å². The zero-order valence-electron chi connectivity index (χ0n) is 13.1. The van der Waals surface area contributed by atoms with Gasteiger partial charge in [0.05, 0.1) is 6.26 Å². The van der Waals surface area contributed by atoms with E-state index in [1.54, 1.807) is 4.90 Å². The standard InChI is InChI=1S/C12H19ClN4O4S2/c1-15(2)23(20,21)10-4-5-11(13)14-12(10)16-6-8-17(9-7-16)22(3,18)19/h4-5H,6-9H2,1-3H3. The molecular weight excluding hydrogens is 364 g/mol. The summed E-state index contributed by atoms with van der Waals surface area (Å²) in [7, 11) is -4.06. The van der Waals surface area contributed by atoms with Gasteiger partial charge in [-0.05, 0) is 12.1 Å². The molecule has 1 aliphatic heterocycles. The van der Waals surface area contributed by atoms with Crippen LogP contribution in [-0.4, -0.2) is 77.0 Å². The fraction of sp³-hybridized carbons (Fsp3) is 0.583. The maximum atomic E-state index is 12.4. The predicted molar refractivity (Wildman–Crippen MR) is 88.7 cm³/mol. The molecule has 0 radical (unpaired) electrons. The summed E-state index contributed by atoms with van der Waals surface area (Å²) >= 11 is 5.91. The minimum absolute atomic E-state index is 0.0553. The normalized spacial score (nSPS) is 17.7. The number of nitrogens with zero attached hydrogens (tertiary/aromatic N) is 4. The SMILES string of the molecule is CN(C)S(=O)(=O)c1ccc(Cl)nc1N1CCN(S(C)(=O)=O)CC1. The van der Waals surface area contributed by atoms with E-state index < -0.39 is 20.0 Å². The Labute approximate surface area is 141 Å². The Bertz CT molecular complexity index is 787. The molecule has 1 fully saturated rings. The molecule has 8 nitrogen and oxygen atoms in total. The lowest BCUT2D eigenvalue weighted by Gasteiger charge is -2.35. The molecule has 0 unspecified atom stereocenters. The third-order valence-electron chi connectivity index (χ3n) is 3.57. The second-order valence-electron chi connectivity index (χ2n) is 5.39. The van der Waals surface area contributed by atoms with Gasteiger partial charge in [0.2, 0.25) is 20.0 Å². The fourth-order valence-electron chi connectivity index (χ4n) is 2.27. The minimum Gasteiger partial charge on any atom is -0.353 e. The van der Waals surface area contributed by atoms with Crippen molar-refractivity contribution in [3.05, 3.63) is 17.3 Å². The number of hydrogen-bond acceptors (Lipinski definition) is 6. The summed E-state index contributed by atoms with van der Waals surface area (Å²) in [5.74, 6) is 0.249. The summed E-state index contributed by atoms with van der Waals surface area (Å²) in [5, 5.41) is 0.184. The van der Waals surface area contributed by atoms with Gasteiger partial charge >= 0.3 is 0 Å². The number of hydrogen-bond donors (Lipinski definition) is 0. The summed E-state index contributed by atoms with van der Waals surface area (Å²) < 4.78 is 50.5. The van der Waals surface area contributed by atoms with Crippen LogP contribution in [-0.2, 0) is 20.0 Å². The van der Waals surface area contributed by atoms with Crippen molar-refractivity contribution in [2.75, 3.05) is 51.4 Å². The van der Waals surface area contributed by atoms with E-state index in [9.17, 15) is 16.8 Å². The van der Waals surface area contributed by atoms with E-state index in [1.165, 1.54) is 30.5 Å². The number of piperazine rings is 1. The van der Waals surface area contributed by atoms with Gasteiger partial charge in [0, 0.05) is 40.3 Å². The van der Waals surface area contributed by atoms with Crippen molar-refractivity contribution in [3.8, 4) is 0 Å². The van der Waals surface area contributed by atoms with Crippen molar-refractivity contribution in [3.63, 3.8) is 0 Å². The third kappa shape index (κ3) is 3.94. The number of pyridine rings is 1. The highest BCUT2D eigenvalue weighted by Crippen LogP contribution is 2.28. The van der Waals surface area contributed by atoms with Crippen LogP contribution in [0.25, 0.3) is 0 Å². The van der Waals surface area contributed by atoms with Crippen LogP contribution in [0.2, 0.25) is 5.15 Å². The monoisotopic (exact) mass is 382 g/mol. The molecule has 1 aromatic heterocycles. The van der Waals surface area contributed by atoms with Gasteiger partial charge in [-0.3, -0.25) is 0 Å². The van der Waals surface area contributed by atoms with Crippen molar-refractivity contribution < 1.29 is 16.8 Å². The van der Waals surface area contributed by atoms with Crippen molar-refractivity contribution in [1.29, 1.82) is 0 Å². The molecule has 11 heteroatoms. The summed E-state index contributed by atoms with van der Waals surface area (Å²) in [6.45, 7) is 1.23. The van der Waals surface area contributed by atoms with E-state index >= 15 is 0 Å². The summed E-state index contributed by atoms with van der Waals surface area (Å²) in [6.07, 6.45) is 1.15. The lowest BCUT2D eigenvalue weighted by molar-refractivity contribution is 0.386. The molecule has 130 valence electrons. The van der Waals surface area contributed by atoms with E-state index in [-0.39, 0.29) is 29.0 Å². The van der Waals surface area contributed by atoms with Crippen LogP contribution in [0.4, 0.5) is 5.82 Å². The average Bonchev–Trinajstić information content (AvgIpc) is 2.46. The van der Waals surface area contributed by atoms with Crippen LogP contribution in [0.3, 0.4) is 0 Å². The number of aromatic nitrogens is 1. The Morgan fingerprint density at radius 2 is 1.65 bits per heavy atom. The first kappa shape index (κ1) is 18.4. The number of rotatable bonds is 4. The van der Waals surface area contributed by atoms with Gasteiger partial charge in [0.1, 0.15) is 10.0 Å². The summed E-state index contributed by atoms with van der Waals surface area (Å²) in [5.41, 5.74) is 0. The molecule has 0 spiro atoms. The predicted octanol–water partition coefficient (Wildman–Crippen LogP) is 0.0669. The lowest BCUT2D eigenvalue weighted by Crippen LogP contribution is -2.49. The van der Waals surface area contributed by atoms with Gasteiger partial charge in [-0.1, -0.05) is 11.6 Å². The van der Waals surface area contributed by atoms with Crippen molar-refractivity contribution >= 4 is 37.5 Å². The fourth-order valence-corrected chi connectivity index (χ4v) is 4.28. The first-order valence-electron chi connectivity index (χ1n) is 6.82. The molecule has 0 aromatic carbocycles. The van der Waals surface area contributed by atoms with E-state index in [4.69, 9.17) is 11.6 Å². The highest BCUT2D eigenvalue weighted by Gasteiger charge is 2.29. The summed E-state index contributed by atoms with van der Waals surface area (Å²) in [6, 6.07) is 2.84. The highest BCUT2D eigenvalue weighted by atomic mass is 35.5. The Balaban J connectivity index is 2.36. The van der Waals surface area contributed by atoms with Crippen molar-refractivity contribution in [2.45, 2.75) is 4.90 Å². The molecule has 0 saturated carbocycles. The molecule has 2 rings (SSSR count). The Hall–Kier alpha value is -0.940. The van der Waals surface area contributed by atoms with E-state index in [2.05, 4.69) is 4.98 Å². The van der Waals surface area contributed by atoms with Crippen molar-refractivity contribution in [1.82, 2.24) is 13.6 Å². The molecular formula is C12H19ClN4O4S2. The van der Waals surface area contributed by atoms with Gasteiger partial charge in [-0.25, -0.2) is 26.1 Å². The van der Waals surface area contributed by atoms with Crippen LogP contribution in [0, 0.1) is 0 Å². The second kappa shape index (κ2) is 6.52. The third-order valence-corrected chi connectivity index (χ3v) is 6.92. The van der Waals surface area contributed by atoms with E-state index in [0.29, 0.717) is 13.1 Å². The van der Waals surface area contributed by atoms with Crippen LogP contribution in [0.5, 0.6) is 0 Å². The number of anilines is 1. The highest BCUT2D eigenvalue weighted by molar-refractivity contribution is 7.89. The Kier molecular flexibility index (Phi) is 5.21. The molecule has 1 saturated heterocycles.